The highest BCUT2D eigenvalue weighted by atomic mass is 32.1. The van der Waals surface area contributed by atoms with Gasteiger partial charge in [0.1, 0.15) is 0 Å². The van der Waals surface area contributed by atoms with E-state index in [0.29, 0.717) is 5.56 Å². The van der Waals surface area contributed by atoms with Gasteiger partial charge in [0.05, 0.1) is 11.6 Å². The molecule has 0 saturated heterocycles. The monoisotopic (exact) mass is 205 g/mol. The van der Waals surface area contributed by atoms with Crippen LogP contribution in [0.3, 0.4) is 0 Å². The van der Waals surface area contributed by atoms with Crippen LogP contribution in [-0.2, 0) is 6.42 Å². The molecule has 70 valence electrons. The van der Waals surface area contributed by atoms with Crippen molar-refractivity contribution < 1.29 is 4.39 Å². The Morgan fingerprint density at radius 2 is 2.21 bits per heavy atom. The Balaban J connectivity index is 2.76. The van der Waals surface area contributed by atoms with Crippen LogP contribution in [0.15, 0.2) is 18.2 Å². The Labute approximate surface area is 85.4 Å². The van der Waals surface area contributed by atoms with Crippen molar-refractivity contribution in [2.75, 3.05) is 0 Å². The summed E-state index contributed by atoms with van der Waals surface area (Å²) in [5.41, 5.74) is 1.64. The van der Waals surface area contributed by atoms with Gasteiger partial charge in [-0.1, -0.05) is 6.92 Å². The third-order valence-corrected chi connectivity index (χ3v) is 3.10. The number of fused-ring (bicyclic) bond motifs is 1. The molecule has 0 unspecified atom stereocenters. The van der Waals surface area contributed by atoms with Gasteiger partial charge in [0.25, 0.3) is 0 Å². The lowest BCUT2D eigenvalue weighted by atomic mass is 10.0. The number of hydrogen-bond acceptors (Lipinski definition) is 2. The normalized spacial score (nSPS) is 10.4. The Hall–Kier alpha value is -1.40. The summed E-state index contributed by atoms with van der Waals surface area (Å²) < 4.78 is 13.8. The molecule has 0 atom stereocenters. The first kappa shape index (κ1) is 9.17. The quantitative estimate of drug-likeness (QED) is 0.699. The van der Waals surface area contributed by atoms with Gasteiger partial charge >= 0.3 is 0 Å². The molecule has 0 aliphatic carbocycles. The molecular formula is C11H8FNS. The van der Waals surface area contributed by atoms with Crippen LogP contribution in [0, 0.1) is 16.5 Å². The van der Waals surface area contributed by atoms with Crippen LogP contribution in [0.25, 0.3) is 10.1 Å². The standard InChI is InChI=1S/C11H8FNS/c1-2-7-3-8-5-11(12)14-10(8)4-9(7)6-13/h3-5H,2H2,1H3. The van der Waals surface area contributed by atoms with E-state index in [-0.39, 0.29) is 5.13 Å². The third kappa shape index (κ3) is 1.38. The predicted molar refractivity (Wildman–Crippen MR) is 55.9 cm³/mol. The molecule has 0 amide bonds. The van der Waals surface area contributed by atoms with Crippen molar-refractivity contribution in [3.8, 4) is 6.07 Å². The highest BCUT2D eigenvalue weighted by Gasteiger charge is 2.06. The lowest BCUT2D eigenvalue weighted by Crippen LogP contribution is -1.85. The second-order valence-corrected chi connectivity index (χ2v) is 4.10. The fourth-order valence-corrected chi connectivity index (χ4v) is 2.31. The van der Waals surface area contributed by atoms with Crippen molar-refractivity contribution in [1.29, 1.82) is 5.26 Å². The minimum absolute atomic E-state index is 0.197. The van der Waals surface area contributed by atoms with Crippen molar-refractivity contribution in [2.24, 2.45) is 0 Å². The van der Waals surface area contributed by atoms with Crippen LogP contribution in [0.1, 0.15) is 18.1 Å². The summed E-state index contributed by atoms with van der Waals surface area (Å²) in [5.74, 6) is 0. The van der Waals surface area contributed by atoms with E-state index in [0.717, 1.165) is 33.4 Å². The number of nitriles is 1. The van der Waals surface area contributed by atoms with Crippen LogP contribution < -0.4 is 0 Å². The molecule has 0 aliphatic rings. The smallest absolute Gasteiger partial charge is 0.177 e. The third-order valence-electron chi connectivity index (χ3n) is 2.21. The van der Waals surface area contributed by atoms with Gasteiger partial charge in [0.15, 0.2) is 5.13 Å². The van der Waals surface area contributed by atoms with Crippen molar-refractivity contribution >= 4 is 21.4 Å². The summed E-state index contributed by atoms with van der Waals surface area (Å²) in [6, 6.07) is 7.31. The molecule has 0 bridgehead atoms. The second-order valence-electron chi connectivity index (χ2n) is 3.06. The average Bonchev–Trinajstić information content (AvgIpc) is 2.54. The van der Waals surface area contributed by atoms with E-state index < -0.39 is 0 Å². The van der Waals surface area contributed by atoms with Gasteiger partial charge in [-0.15, -0.1) is 11.3 Å². The number of rotatable bonds is 1. The Bertz CT molecular complexity index is 522. The number of thiophene rings is 1. The molecule has 1 nitrogen and oxygen atoms in total. The largest absolute Gasteiger partial charge is 0.195 e. The topological polar surface area (TPSA) is 23.8 Å². The van der Waals surface area contributed by atoms with Crippen LogP contribution in [0.4, 0.5) is 4.39 Å². The van der Waals surface area contributed by atoms with Crippen molar-refractivity contribution in [2.45, 2.75) is 13.3 Å². The van der Waals surface area contributed by atoms with Gasteiger partial charge in [0, 0.05) is 4.70 Å². The van der Waals surface area contributed by atoms with Gasteiger partial charge in [-0.2, -0.15) is 9.65 Å². The van der Waals surface area contributed by atoms with Crippen LogP contribution in [0.5, 0.6) is 0 Å². The first-order valence-corrected chi connectivity index (χ1v) is 5.18. The molecule has 0 spiro atoms. The van der Waals surface area contributed by atoms with Crippen LogP contribution in [0.2, 0.25) is 0 Å². The van der Waals surface area contributed by atoms with Crippen LogP contribution in [-0.4, -0.2) is 0 Å². The van der Waals surface area contributed by atoms with Crippen molar-refractivity contribution in [1.82, 2.24) is 0 Å². The molecule has 1 heterocycles. The van der Waals surface area contributed by atoms with Crippen molar-refractivity contribution in [3.05, 3.63) is 34.5 Å². The SMILES string of the molecule is CCc1cc2cc(F)sc2cc1C#N. The molecule has 0 aliphatic heterocycles. The maximum atomic E-state index is 12.9. The zero-order valence-electron chi connectivity index (χ0n) is 7.67. The van der Waals surface area contributed by atoms with E-state index in [1.54, 1.807) is 6.07 Å². The number of hydrogen-bond donors (Lipinski definition) is 0. The number of halogens is 1. The van der Waals surface area contributed by atoms with Gasteiger partial charge in [-0.25, -0.2) is 0 Å². The fraction of sp³-hybridized carbons (Fsp3) is 0.182. The summed E-state index contributed by atoms with van der Waals surface area (Å²) in [6.07, 6.45) is 0.802. The van der Waals surface area contributed by atoms with Crippen molar-refractivity contribution in [3.63, 3.8) is 0 Å². The second kappa shape index (κ2) is 3.39. The van der Waals surface area contributed by atoms with E-state index in [4.69, 9.17) is 5.26 Å². The van der Waals surface area contributed by atoms with Gasteiger partial charge in [0.2, 0.25) is 0 Å². The van der Waals surface area contributed by atoms with E-state index in [1.165, 1.54) is 6.07 Å². The fourth-order valence-electron chi connectivity index (χ4n) is 1.50. The molecule has 2 aromatic rings. The molecule has 3 heteroatoms. The van der Waals surface area contributed by atoms with E-state index in [2.05, 4.69) is 6.07 Å². The molecule has 0 fully saturated rings. The average molecular weight is 205 g/mol. The zero-order valence-corrected chi connectivity index (χ0v) is 8.49. The lowest BCUT2D eigenvalue weighted by molar-refractivity contribution is 0.658. The van der Waals surface area contributed by atoms with Gasteiger partial charge < -0.3 is 0 Å². The van der Waals surface area contributed by atoms with Gasteiger partial charge in [-0.3, -0.25) is 0 Å². The maximum Gasteiger partial charge on any atom is 0.177 e. The molecular weight excluding hydrogens is 197 g/mol. The summed E-state index contributed by atoms with van der Waals surface area (Å²) in [6.45, 7) is 1.99. The first-order valence-electron chi connectivity index (χ1n) is 4.36. The lowest BCUT2D eigenvalue weighted by Gasteiger charge is -1.99. The van der Waals surface area contributed by atoms with E-state index in [1.807, 2.05) is 13.0 Å². The molecule has 2 rings (SSSR count). The minimum atomic E-state index is -0.197. The predicted octanol–water partition coefficient (Wildman–Crippen LogP) is 3.47. The number of nitrogens with zero attached hydrogens (tertiary/aromatic N) is 1. The molecule has 1 aromatic heterocycles. The molecule has 1 aromatic carbocycles. The summed E-state index contributed by atoms with van der Waals surface area (Å²) in [5, 5.41) is 9.57. The maximum absolute atomic E-state index is 12.9. The highest BCUT2D eigenvalue weighted by molar-refractivity contribution is 7.17. The molecule has 0 saturated carbocycles. The van der Waals surface area contributed by atoms with Crippen LogP contribution >= 0.6 is 11.3 Å². The number of aryl methyl sites for hydroxylation is 1. The Morgan fingerprint density at radius 3 is 2.86 bits per heavy atom. The number of benzene rings is 1. The summed E-state index contributed by atoms with van der Waals surface area (Å²) >= 11 is 1.08. The molecule has 14 heavy (non-hydrogen) atoms. The van der Waals surface area contributed by atoms with E-state index in [9.17, 15) is 4.39 Å². The molecule has 0 radical (unpaired) electrons. The summed E-state index contributed by atoms with van der Waals surface area (Å²) in [4.78, 5) is 0. The van der Waals surface area contributed by atoms with E-state index >= 15 is 0 Å². The van der Waals surface area contributed by atoms with Gasteiger partial charge in [-0.05, 0) is 35.6 Å². The Morgan fingerprint density at radius 1 is 1.43 bits per heavy atom. The first-order chi connectivity index (χ1) is 6.74. The zero-order chi connectivity index (χ0) is 10.1. The summed E-state index contributed by atoms with van der Waals surface area (Å²) in [7, 11) is 0. The Kier molecular flexibility index (Phi) is 2.22. The molecule has 0 N–H and O–H groups in total. The minimum Gasteiger partial charge on any atom is -0.195 e. The highest BCUT2D eigenvalue weighted by Crippen LogP contribution is 2.27.